The van der Waals surface area contributed by atoms with E-state index < -0.39 is 17.7 Å². The molecule has 0 fully saturated rings. The van der Waals surface area contributed by atoms with Crippen molar-refractivity contribution >= 4 is 11.9 Å². The number of Topliss-reactive ketones (excluding diaryl/α,β-unsaturated/α-hetero) is 1. The lowest BCUT2D eigenvalue weighted by Gasteiger charge is -2.22. The molecule has 1 unspecified atom stereocenters. The molecule has 0 heterocycles. The second-order valence-electron chi connectivity index (χ2n) is 6.72. The number of amides is 1. The molecule has 0 radical (unpaired) electrons. The molecule has 0 aliphatic carbocycles. The zero-order valence-corrected chi connectivity index (χ0v) is 14.5. The Balaban J connectivity index is 2.52. The Morgan fingerprint density at radius 2 is 1.87 bits per heavy atom. The van der Waals surface area contributed by atoms with Gasteiger partial charge in [-0.1, -0.05) is 36.4 Å². The first-order valence-corrected chi connectivity index (χ1v) is 7.90. The number of hydrogen-bond donors (Lipinski definition) is 1. The molecular formula is C19H27NO3. The number of carbonyl (C=O) groups is 2. The zero-order chi connectivity index (χ0) is 17.5. The maximum Gasteiger partial charge on any atom is 0.408 e. The number of carbonyl (C=O) groups excluding carboxylic acids is 2. The molecule has 0 aromatic heterocycles. The minimum atomic E-state index is -0.580. The highest BCUT2D eigenvalue weighted by Gasteiger charge is 2.22. The second-order valence-corrected chi connectivity index (χ2v) is 6.72. The summed E-state index contributed by atoms with van der Waals surface area (Å²) in [4.78, 5) is 24.0. The van der Waals surface area contributed by atoms with Crippen LogP contribution in [0, 0.1) is 5.92 Å². The normalized spacial score (nSPS) is 13.7. The summed E-state index contributed by atoms with van der Waals surface area (Å²) in [5.41, 5.74) is 0.585. The van der Waals surface area contributed by atoms with E-state index >= 15 is 0 Å². The van der Waals surface area contributed by atoms with Gasteiger partial charge in [0.2, 0.25) is 0 Å². The van der Waals surface area contributed by atoms with E-state index in [1.54, 1.807) is 33.8 Å². The standard InChI is InChI=1S/C19H27NO3/c1-6-15(12-16-10-8-7-9-11-16)13-17(21)14(2)20-18(22)23-19(3,4)5/h6-11,14-15H,1,12-13H2,2-5H3,(H,20,22)/t14-,15?/m0/s1. The van der Waals surface area contributed by atoms with Crippen LogP contribution >= 0.6 is 0 Å². The molecule has 1 N–H and O–H groups in total. The van der Waals surface area contributed by atoms with Gasteiger partial charge >= 0.3 is 6.09 Å². The van der Waals surface area contributed by atoms with Gasteiger partial charge in [0.05, 0.1) is 6.04 Å². The lowest BCUT2D eigenvalue weighted by Crippen LogP contribution is -2.42. The van der Waals surface area contributed by atoms with Gasteiger partial charge in [0.1, 0.15) is 5.60 Å². The van der Waals surface area contributed by atoms with Gasteiger partial charge in [-0.05, 0) is 45.6 Å². The summed E-state index contributed by atoms with van der Waals surface area (Å²) < 4.78 is 5.16. The van der Waals surface area contributed by atoms with E-state index in [1.165, 1.54) is 0 Å². The maximum absolute atomic E-state index is 12.3. The second kappa shape index (κ2) is 8.51. The SMILES string of the molecule is C=CC(CC(=O)[C@H](C)NC(=O)OC(C)(C)C)Cc1ccccc1. The van der Waals surface area contributed by atoms with Gasteiger partial charge in [-0.25, -0.2) is 4.79 Å². The summed E-state index contributed by atoms with van der Waals surface area (Å²) in [5.74, 6) is 0.0180. The van der Waals surface area contributed by atoms with Gasteiger partial charge in [-0.2, -0.15) is 0 Å². The van der Waals surface area contributed by atoms with Gasteiger partial charge in [0, 0.05) is 6.42 Å². The van der Waals surface area contributed by atoms with Crippen LogP contribution < -0.4 is 5.32 Å². The topological polar surface area (TPSA) is 55.4 Å². The number of ether oxygens (including phenoxy) is 1. The molecule has 0 saturated heterocycles. The fraction of sp³-hybridized carbons (Fsp3) is 0.474. The van der Waals surface area contributed by atoms with Crippen molar-refractivity contribution in [2.45, 2.75) is 52.2 Å². The van der Waals surface area contributed by atoms with E-state index in [1.807, 2.05) is 30.3 Å². The number of alkyl carbamates (subject to hydrolysis) is 1. The number of rotatable bonds is 7. The Morgan fingerprint density at radius 1 is 1.26 bits per heavy atom. The Kier molecular flexibility index (Phi) is 7.01. The minimum Gasteiger partial charge on any atom is -0.444 e. The Labute approximate surface area is 138 Å². The molecule has 1 aromatic carbocycles. The van der Waals surface area contributed by atoms with E-state index in [0.29, 0.717) is 6.42 Å². The van der Waals surface area contributed by atoms with Crippen molar-refractivity contribution in [3.8, 4) is 0 Å². The van der Waals surface area contributed by atoms with Crippen LogP contribution in [-0.4, -0.2) is 23.5 Å². The highest BCUT2D eigenvalue weighted by molar-refractivity contribution is 5.87. The molecule has 4 nitrogen and oxygen atoms in total. The number of nitrogens with one attached hydrogen (secondary N) is 1. The van der Waals surface area contributed by atoms with Crippen molar-refractivity contribution < 1.29 is 14.3 Å². The predicted molar refractivity (Wildman–Crippen MR) is 92.3 cm³/mol. The molecule has 1 aromatic rings. The van der Waals surface area contributed by atoms with Gasteiger partial charge in [-0.3, -0.25) is 4.79 Å². The average Bonchev–Trinajstić information content (AvgIpc) is 2.45. The van der Waals surface area contributed by atoms with E-state index in [-0.39, 0.29) is 11.7 Å². The van der Waals surface area contributed by atoms with Crippen LogP contribution in [0.5, 0.6) is 0 Å². The monoisotopic (exact) mass is 317 g/mol. The van der Waals surface area contributed by atoms with Crippen LogP contribution in [0.3, 0.4) is 0 Å². The maximum atomic E-state index is 12.3. The van der Waals surface area contributed by atoms with Crippen molar-refractivity contribution in [2.75, 3.05) is 0 Å². The smallest absolute Gasteiger partial charge is 0.408 e. The summed E-state index contributed by atoms with van der Waals surface area (Å²) in [5, 5.41) is 2.58. The van der Waals surface area contributed by atoms with Crippen LogP contribution in [0.1, 0.15) is 39.7 Å². The van der Waals surface area contributed by atoms with Gasteiger partial charge < -0.3 is 10.1 Å². The third kappa shape index (κ3) is 7.63. The number of ketones is 1. The van der Waals surface area contributed by atoms with Crippen LogP contribution in [0.25, 0.3) is 0 Å². The molecule has 0 aliphatic rings. The Morgan fingerprint density at radius 3 is 2.39 bits per heavy atom. The zero-order valence-electron chi connectivity index (χ0n) is 14.5. The first kappa shape index (κ1) is 18.9. The molecule has 0 bridgehead atoms. The molecule has 0 spiro atoms. The van der Waals surface area contributed by atoms with Crippen LogP contribution in [-0.2, 0) is 16.0 Å². The van der Waals surface area contributed by atoms with E-state index in [4.69, 9.17) is 4.74 Å². The van der Waals surface area contributed by atoms with Crippen molar-refractivity contribution in [2.24, 2.45) is 5.92 Å². The van der Waals surface area contributed by atoms with E-state index in [2.05, 4.69) is 11.9 Å². The molecule has 0 aliphatic heterocycles. The number of allylic oxidation sites excluding steroid dienone is 1. The molecule has 1 rings (SSSR count). The quantitative estimate of drug-likeness (QED) is 0.776. The lowest BCUT2D eigenvalue weighted by molar-refractivity contribution is -0.121. The Bertz CT molecular complexity index is 531. The van der Waals surface area contributed by atoms with E-state index in [9.17, 15) is 9.59 Å². The first-order valence-electron chi connectivity index (χ1n) is 7.90. The number of benzene rings is 1. The van der Waals surface area contributed by atoms with Crippen molar-refractivity contribution in [3.05, 3.63) is 48.6 Å². The highest BCUT2D eigenvalue weighted by atomic mass is 16.6. The largest absolute Gasteiger partial charge is 0.444 e. The van der Waals surface area contributed by atoms with Crippen molar-refractivity contribution in [1.29, 1.82) is 0 Å². The number of hydrogen-bond acceptors (Lipinski definition) is 3. The molecular weight excluding hydrogens is 290 g/mol. The summed E-state index contributed by atoms with van der Waals surface area (Å²) >= 11 is 0. The first-order chi connectivity index (χ1) is 10.7. The van der Waals surface area contributed by atoms with Crippen molar-refractivity contribution in [1.82, 2.24) is 5.32 Å². The van der Waals surface area contributed by atoms with Crippen LogP contribution in [0.15, 0.2) is 43.0 Å². The summed E-state index contributed by atoms with van der Waals surface area (Å²) in [6, 6.07) is 9.40. The van der Waals surface area contributed by atoms with Crippen LogP contribution in [0.2, 0.25) is 0 Å². The van der Waals surface area contributed by atoms with Crippen molar-refractivity contribution in [3.63, 3.8) is 0 Å². The highest BCUT2D eigenvalue weighted by Crippen LogP contribution is 2.15. The molecule has 1 amide bonds. The Hall–Kier alpha value is -2.10. The molecule has 126 valence electrons. The van der Waals surface area contributed by atoms with E-state index in [0.717, 1.165) is 12.0 Å². The van der Waals surface area contributed by atoms with Gasteiger partial charge in [-0.15, -0.1) is 6.58 Å². The lowest BCUT2D eigenvalue weighted by atomic mass is 9.92. The summed E-state index contributed by atoms with van der Waals surface area (Å²) in [7, 11) is 0. The fourth-order valence-electron chi connectivity index (χ4n) is 2.16. The third-order valence-corrected chi connectivity index (χ3v) is 3.35. The molecule has 4 heteroatoms. The van der Waals surface area contributed by atoms with Crippen LogP contribution in [0.4, 0.5) is 4.79 Å². The molecule has 23 heavy (non-hydrogen) atoms. The molecule has 0 saturated carbocycles. The van der Waals surface area contributed by atoms with Gasteiger partial charge in [0.15, 0.2) is 5.78 Å². The third-order valence-electron chi connectivity index (χ3n) is 3.35. The fourth-order valence-corrected chi connectivity index (χ4v) is 2.16. The minimum absolute atomic E-state index is 0.0308. The van der Waals surface area contributed by atoms with Gasteiger partial charge in [0.25, 0.3) is 0 Å². The molecule has 2 atom stereocenters. The summed E-state index contributed by atoms with van der Waals surface area (Å²) in [6.07, 6.45) is 2.33. The predicted octanol–water partition coefficient (Wildman–Crippen LogP) is 3.90. The average molecular weight is 317 g/mol. The summed E-state index contributed by atoms with van der Waals surface area (Å²) in [6.45, 7) is 10.8.